The monoisotopic (exact) mass is 324 g/mol. The summed E-state index contributed by atoms with van der Waals surface area (Å²) < 4.78 is 39.4. The molecule has 1 saturated carbocycles. The van der Waals surface area contributed by atoms with E-state index in [-0.39, 0.29) is 0 Å². The van der Waals surface area contributed by atoms with Crippen LogP contribution in [0.1, 0.15) is 63.9 Å². The van der Waals surface area contributed by atoms with Gasteiger partial charge < -0.3 is 0 Å². The van der Waals surface area contributed by atoms with E-state index in [9.17, 15) is 13.2 Å². The Balaban J connectivity index is 1.72. The maximum Gasteiger partial charge on any atom is 0.194 e. The minimum atomic E-state index is -1.37. The molecule has 23 heavy (non-hydrogen) atoms. The molecule has 0 heterocycles. The molecule has 2 rings (SSSR count). The summed E-state index contributed by atoms with van der Waals surface area (Å²) in [6.07, 6.45) is 14.6. The van der Waals surface area contributed by atoms with E-state index in [1.54, 1.807) is 0 Å². The van der Waals surface area contributed by atoms with Crippen LogP contribution in [0.4, 0.5) is 13.2 Å². The van der Waals surface area contributed by atoms with Crippen LogP contribution in [-0.2, 0) is 6.42 Å². The SMILES string of the molecule is CCC/C=C/C[C@H]1CC[C@H](CCc2cc(F)c(F)c(F)c2)CC1. The van der Waals surface area contributed by atoms with E-state index >= 15 is 0 Å². The molecule has 1 fully saturated rings. The minimum absolute atomic E-state index is 0.561. The molecule has 1 aliphatic carbocycles. The van der Waals surface area contributed by atoms with Crippen LogP contribution >= 0.6 is 0 Å². The third kappa shape index (κ3) is 5.71. The number of halogens is 3. The van der Waals surface area contributed by atoms with Crippen molar-refractivity contribution in [3.8, 4) is 0 Å². The van der Waals surface area contributed by atoms with Gasteiger partial charge in [0, 0.05) is 0 Å². The van der Waals surface area contributed by atoms with Gasteiger partial charge in [-0.25, -0.2) is 13.2 Å². The summed E-state index contributed by atoms with van der Waals surface area (Å²) in [5, 5.41) is 0. The highest BCUT2D eigenvalue weighted by atomic mass is 19.2. The number of rotatable bonds is 7. The molecule has 1 aromatic carbocycles. The Bertz CT molecular complexity index is 491. The van der Waals surface area contributed by atoms with Gasteiger partial charge in [0.1, 0.15) is 0 Å². The zero-order valence-electron chi connectivity index (χ0n) is 14.0. The number of hydrogen-bond acceptors (Lipinski definition) is 0. The molecule has 1 aromatic rings. The Kier molecular flexibility index (Phi) is 7.19. The number of aryl methyl sites for hydroxylation is 1. The third-order valence-corrected chi connectivity index (χ3v) is 4.94. The molecular weight excluding hydrogens is 297 g/mol. The average molecular weight is 324 g/mol. The highest BCUT2D eigenvalue weighted by Gasteiger charge is 2.20. The second kappa shape index (κ2) is 9.14. The maximum atomic E-state index is 13.2. The van der Waals surface area contributed by atoms with Crippen molar-refractivity contribution < 1.29 is 13.2 Å². The first kappa shape index (κ1) is 18.1. The third-order valence-electron chi connectivity index (χ3n) is 4.94. The Morgan fingerprint density at radius 3 is 2.17 bits per heavy atom. The van der Waals surface area contributed by atoms with Gasteiger partial charge in [0.15, 0.2) is 17.5 Å². The largest absolute Gasteiger partial charge is 0.204 e. The van der Waals surface area contributed by atoms with Gasteiger partial charge in [-0.1, -0.05) is 38.3 Å². The molecule has 0 saturated heterocycles. The molecule has 0 aromatic heterocycles. The number of unbranched alkanes of at least 4 members (excludes halogenated alkanes) is 1. The van der Waals surface area contributed by atoms with Crippen LogP contribution in [0.3, 0.4) is 0 Å². The summed E-state index contributed by atoms with van der Waals surface area (Å²) in [5.41, 5.74) is 0.561. The molecule has 0 radical (unpaired) electrons. The summed E-state index contributed by atoms with van der Waals surface area (Å²) in [6, 6.07) is 2.26. The van der Waals surface area contributed by atoms with Crippen molar-refractivity contribution in [2.45, 2.75) is 64.7 Å². The Labute approximate surface area is 137 Å². The van der Waals surface area contributed by atoms with Crippen molar-refractivity contribution in [3.63, 3.8) is 0 Å². The van der Waals surface area contributed by atoms with Gasteiger partial charge in [-0.3, -0.25) is 0 Å². The lowest BCUT2D eigenvalue weighted by Crippen LogP contribution is -2.14. The van der Waals surface area contributed by atoms with Crippen LogP contribution in [0.15, 0.2) is 24.3 Å². The lowest BCUT2D eigenvalue weighted by Gasteiger charge is -2.28. The van der Waals surface area contributed by atoms with E-state index in [2.05, 4.69) is 19.1 Å². The molecule has 0 spiro atoms. The fourth-order valence-electron chi connectivity index (χ4n) is 3.45. The standard InChI is InChI=1S/C20H27F3/c1-2-3-4-5-6-15-7-9-16(10-8-15)11-12-17-13-18(21)20(23)19(22)14-17/h4-5,13-16H,2-3,6-12H2,1H3/b5-4+/t15-,16-. The Morgan fingerprint density at radius 1 is 0.957 bits per heavy atom. The van der Waals surface area contributed by atoms with Crippen LogP contribution < -0.4 is 0 Å². The van der Waals surface area contributed by atoms with Crippen molar-refractivity contribution in [1.82, 2.24) is 0 Å². The van der Waals surface area contributed by atoms with Crippen molar-refractivity contribution >= 4 is 0 Å². The summed E-state index contributed by atoms with van der Waals surface area (Å²) in [7, 11) is 0. The molecule has 0 N–H and O–H groups in total. The summed E-state index contributed by atoms with van der Waals surface area (Å²) in [6.45, 7) is 2.19. The van der Waals surface area contributed by atoms with Crippen molar-refractivity contribution in [3.05, 3.63) is 47.3 Å². The molecule has 0 unspecified atom stereocenters. The Morgan fingerprint density at radius 2 is 1.57 bits per heavy atom. The first-order valence-electron chi connectivity index (χ1n) is 8.88. The fourth-order valence-corrected chi connectivity index (χ4v) is 3.45. The van der Waals surface area contributed by atoms with Gasteiger partial charge in [-0.15, -0.1) is 0 Å². The van der Waals surface area contributed by atoms with Crippen molar-refractivity contribution in [2.24, 2.45) is 11.8 Å². The molecule has 0 nitrogen and oxygen atoms in total. The molecule has 0 aliphatic heterocycles. The van der Waals surface area contributed by atoms with Gasteiger partial charge >= 0.3 is 0 Å². The quantitative estimate of drug-likeness (QED) is 0.392. The van der Waals surface area contributed by atoms with Crippen LogP contribution in [0.25, 0.3) is 0 Å². The van der Waals surface area contributed by atoms with E-state index in [1.165, 1.54) is 44.9 Å². The second-order valence-electron chi connectivity index (χ2n) is 6.79. The lowest BCUT2D eigenvalue weighted by atomic mass is 9.78. The molecule has 128 valence electrons. The number of allylic oxidation sites excluding steroid dienone is 2. The molecule has 1 aliphatic rings. The van der Waals surface area contributed by atoms with E-state index in [0.717, 1.165) is 24.5 Å². The topological polar surface area (TPSA) is 0 Å². The van der Waals surface area contributed by atoms with Gasteiger partial charge in [-0.05, 0) is 68.1 Å². The van der Waals surface area contributed by atoms with Gasteiger partial charge in [0.25, 0.3) is 0 Å². The number of hydrogen-bond donors (Lipinski definition) is 0. The molecular formula is C20H27F3. The Hall–Kier alpha value is -1.25. The summed E-state index contributed by atoms with van der Waals surface area (Å²) in [5.74, 6) is -2.11. The molecule has 0 bridgehead atoms. The summed E-state index contributed by atoms with van der Waals surface area (Å²) in [4.78, 5) is 0. The van der Waals surface area contributed by atoms with E-state index in [1.807, 2.05) is 0 Å². The van der Waals surface area contributed by atoms with Crippen molar-refractivity contribution in [2.75, 3.05) is 0 Å². The lowest BCUT2D eigenvalue weighted by molar-refractivity contribution is 0.265. The molecule has 0 atom stereocenters. The first-order chi connectivity index (χ1) is 11.1. The maximum absolute atomic E-state index is 13.2. The van der Waals surface area contributed by atoms with Crippen LogP contribution in [-0.4, -0.2) is 0 Å². The van der Waals surface area contributed by atoms with E-state index in [4.69, 9.17) is 0 Å². The van der Waals surface area contributed by atoms with Gasteiger partial charge in [-0.2, -0.15) is 0 Å². The van der Waals surface area contributed by atoms with Gasteiger partial charge in [0.2, 0.25) is 0 Å². The molecule has 0 amide bonds. The smallest absolute Gasteiger partial charge is 0.194 e. The predicted octanol–water partition coefficient (Wildman–Crippen LogP) is 6.59. The van der Waals surface area contributed by atoms with Crippen LogP contribution in [0.2, 0.25) is 0 Å². The van der Waals surface area contributed by atoms with Crippen LogP contribution in [0.5, 0.6) is 0 Å². The summed E-state index contributed by atoms with van der Waals surface area (Å²) >= 11 is 0. The highest BCUT2D eigenvalue weighted by Crippen LogP contribution is 2.33. The second-order valence-corrected chi connectivity index (χ2v) is 6.79. The molecule has 3 heteroatoms. The van der Waals surface area contributed by atoms with Gasteiger partial charge in [0.05, 0.1) is 0 Å². The fraction of sp³-hybridized carbons (Fsp3) is 0.600. The van der Waals surface area contributed by atoms with E-state index in [0.29, 0.717) is 17.9 Å². The average Bonchev–Trinajstić information content (AvgIpc) is 2.55. The predicted molar refractivity (Wildman–Crippen MR) is 88.8 cm³/mol. The minimum Gasteiger partial charge on any atom is -0.204 e. The zero-order valence-corrected chi connectivity index (χ0v) is 14.0. The van der Waals surface area contributed by atoms with E-state index < -0.39 is 17.5 Å². The number of benzene rings is 1. The first-order valence-corrected chi connectivity index (χ1v) is 8.88. The normalized spacial score (nSPS) is 21.9. The zero-order chi connectivity index (χ0) is 16.7. The highest BCUT2D eigenvalue weighted by molar-refractivity contribution is 5.19. The van der Waals surface area contributed by atoms with Crippen LogP contribution in [0, 0.1) is 29.3 Å². The van der Waals surface area contributed by atoms with Crippen molar-refractivity contribution in [1.29, 1.82) is 0 Å².